The molecule has 1 saturated heterocycles. The average molecular weight is 261 g/mol. The number of amides is 1. The predicted octanol–water partition coefficient (Wildman–Crippen LogP) is 1.83. The summed E-state index contributed by atoms with van der Waals surface area (Å²) in [5, 5.41) is 5.23. The Kier molecular flexibility index (Phi) is 4.77. The molecule has 0 aromatic carbocycles. The maximum atomic E-state index is 12.1. The molecule has 0 unspecified atom stereocenters. The number of carbonyl (C=O) groups is 1. The third kappa shape index (κ3) is 2.56. The summed E-state index contributed by atoms with van der Waals surface area (Å²) in [6, 6.07) is 0. The topological polar surface area (TPSA) is 32.3 Å². The van der Waals surface area contributed by atoms with Gasteiger partial charge in [-0.15, -0.1) is 23.7 Å². The number of rotatable bonds is 1. The number of piperazine rings is 1. The van der Waals surface area contributed by atoms with Crippen molar-refractivity contribution in [2.24, 2.45) is 0 Å². The maximum Gasteiger partial charge on any atom is 0.255 e. The SMILES string of the molecule is Cc1scc(C(=O)N2CCNCC2)c1C.Cl. The Morgan fingerprint density at radius 2 is 2.00 bits per heavy atom. The fourth-order valence-electron chi connectivity index (χ4n) is 1.76. The second-order valence-electron chi connectivity index (χ2n) is 3.87. The quantitative estimate of drug-likeness (QED) is 0.836. The van der Waals surface area contributed by atoms with Gasteiger partial charge in [-0.1, -0.05) is 0 Å². The van der Waals surface area contributed by atoms with Gasteiger partial charge in [-0.05, 0) is 19.4 Å². The molecule has 1 aromatic heterocycles. The minimum absolute atomic E-state index is 0. The van der Waals surface area contributed by atoms with Gasteiger partial charge in [0.2, 0.25) is 0 Å². The highest BCUT2D eigenvalue weighted by atomic mass is 35.5. The summed E-state index contributed by atoms with van der Waals surface area (Å²) in [6.45, 7) is 7.57. The standard InChI is InChI=1S/C11H16N2OS.ClH/c1-8-9(2)15-7-10(8)11(14)13-5-3-12-4-6-13;/h7,12H,3-6H2,1-2H3;1H. The van der Waals surface area contributed by atoms with Gasteiger partial charge in [0.25, 0.3) is 5.91 Å². The van der Waals surface area contributed by atoms with E-state index in [2.05, 4.69) is 12.2 Å². The number of nitrogens with zero attached hydrogens (tertiary/aromatic N) is 1. The number of hydrogen-bond donors (Lipinski definition) is 1. The van der Waals surface area contributed by atoms with Gasteiger partial charge in [-0.2, -0.15) is 0 Å². The number of hydrogen-bond acceptors (Lipinski definition) is 3. The van der Waals surface area contributed by atoms with Crippen LogP contribution in [-0.2, 0) is 0 Å². The van der Waals surface area contributed by atoms with Crippen molar-refractivity contribution in [1.82, 2.24) is 10.2 Å². The van der Waals surface area contributed by atoms with E-state index in [-0.39, 0.29) is 18.3 Å². The van der Waals surface area contributed by atoms with Crippen LogP contribution >= 0.6 is 23.7 Å². The third-order valence-electron chi connectivity index (χ3n) is 2.92. The number of halogens is 1. The molecule has 2 rings (SSSR count). The van der Waals surface area contributed by atoms with Crippen LogP contribution < -0.4 is 5.32 Å². The third-order valence-corrected chi connectivity index (χ3v) is 3.93. The lowest BCUT2D eigenvalue weighted by atomic mass is 10.1. The summed E-state index contributed by atoms with van der Waals surface area (Å²) in [5.41, 5.74) is 2.03. The Bertz CT molecular complexity index is 372. The molecule has 0 bridgehead atoms. The molecule has 1 aromatic rings. The molecule has 1 aliphatic heterocycles. The lowest BCUT2D eigenvalue weighted by molar-refractivity contribution is 0.0735. The zero-order valence-electron chi connectivity index (χ0n) is 9.58. The summed E-state index contributed by atoms with van der Waals surface area (Å²) in [6.07, 6.45) is 0. The van der Waals surface area contributed by atoms with Gasteiger partial charge in [-0.3, -0.25) is 4.79 Å². The van der Waals surface area contributed by atoms with Crippen LogP contribution in [-0.4, -0.2) is 37.0 Å². The van der Waals surface area contributed by atoms with Crippen LogP contribution in [0.2, 0.25) is 0 Å². The van der Waals surface area contributed by atoms with Gasteiger partial charge in [0.05, 0.1) is 5.56 Å². The van der Waals surface area contributed by atoms with E-state index >= 15 is 0 Å². The van der Waals surface area contributed by atoms with Crippen LogP contribution in [0.4, 0.5) is 0 Å². The molecular formula is C11H17ClN2OS. The molecule has 0 saturated carbocycles. The fourth-order valence-corrected chi connectivity index (χ4v) is 2.62. The highest BCUT2D eigenvalue weighted by molar-refractivity contribution is 7.10. The van der Waals surface area contributed by atoms with E-state index in [1.807, 2.05) is 17.2 Å². The highest BCUT2D eigenvalue weighted by Gasteiger charge is 2.20. The summed E-state index contributed by atoms with van der Waals surface area (Å²) in [4.78, 5) is 15.3. The summed E-state index contributed by atoms with van der Waals surface area (Å²) in [5.74, 6) is 0.193. The Balaban J connectivity index is 0.00000128. The molecule has 3 nitrogen and oxygen atoms in total. The second kappa shape index (κ2) is 5.66. The first-order valence-corrected chi connectivity index (χ1v) is 6.13. The van der Waals surface area contributed by atoms with E-state index in [0.29, 0.717) is 0 Å². The molecular weight excluding hydrogens is 244 g/mol. The first kappa shape index (κ1) is 13.5. The molecule has 5 heteroatoms. The first-order chi connectivity index (χ1) is 7.20. The summed E-state index contributed by atoms with van der Waals surface area (Å²) >= 11 is 1.66. The van der Waals surface area contributed by atoms with E-state index in [1.54, 1.807) is 11.3 Å². The van der Waals surface area contributed by atoms with Gasteiger partial charge in [-0.25, -0.2) is 0 Å². The van der Waals surface area contributed by atoms with E-state index in [0.717, 1.165) is 37.3 Å². The van der Waals surface area contributed by atoms with Crippen molar-refractivity contribution < 1.29 is 4.79 Å². The smallest absolute Gasteiger partial charge is 0.255 e. The van der Waals surface area contributed by atoms with E-state index < -0.39 is 0 Å². The van der Waals surface area contributed by atoms with Crippen LogP contribution in [0.25, 0.3) is 0 Å². The first-order valence-electron chi connectivity index (χ1n) is 5.25. The molecule has 0 spiro atoms. The molecule has 16 heavy (non-hydrogen) atoms. The summed E-state index contributed by atoms with van der Waals surface area (Å²) < 4.78 is 0. The minimum Gasteiger partial charge on any atom is -0.336 e. The zero-order valence-corrected chi connectivity index (χ0v) is 11.2. The zero-order chi connectivity index (χ0) is 10.8. The Labute approximate surface area is 106 Å². The molecule has 1 amide bonds. The highest BCUT2D eigenvalue weighted by Crippen LogP contribution is 2.22. The van der Waals surface area contributed by atoms with E-state index in [9.17, 15) is 4.79 Å². The van der Waals surface area contributed by atoms with Crippen molar-refractivity contribution in [3.63, 3.8) is 0 Å². The van der Waals surface area contributed by atoms with Gasteiger partial charge in [0.15, 0.2) is 0 Å². The van der Waals surface area contributed by atoms with Gasteiger partial charge >= 0.3 is 0 Å². The van der Waals surface area contributed by atoms with Crippen molar-refractivity contribution in [1.29, 1.82) is 0 Å². The van der Waals surface area contributed by atoms with Crippen LogP contribution in [0.3, 0.4) is 0 Å². The van der Waals surface area contributed by atoms with Crippen LogP contribution in [0.15, 0.2) is 5.38 Å². The lowest BCUT2D eigenvalue weighted by Gasteiger charge is -2.27. The molecule has 1 aliphatic rings. The van der Waals surface area contributed by atoms with Crippen LogP contribution in [0.1, 0.15) is 20.8 Å². The van der Waals surface area contributed by atoms with Gasteiger partial charge in [0.1, 0.15) is 0 Å². The monoisotopic (exact) mass is 260 g/mol. The van der Waals surface area contributed by atoms with Crippen molar-refractivity contribution >= 4 is 29.7 Å². The molecule has 0 atom stereocenters. The molecule has 90 valence electrons. The van der Waals surface area contributed by atoms with Crippen molar-refractivity contribution in [3.05, 3.63) is 21.4 Å². The predicted molar refractivity (Wildman–Crippen MR) is 69.8 cm³/mol. The Morgan fingerprint density at radius 1 is 1.38 bits per heavy atom. The summed E-state index contributed by atoms with van der Waals surface area (Å²) in [7, 11) is 0. The number of thiophene rings is 1. The van der Waals surface area contributed by atoms with Crippen molar-refractivity contribution in [2.75, 3.05) is 26.2 Å². The fraction of sp³-hybridized carbons (Fsp3) is 0.545. The molecule has 0 aliphatic carbocycles. The Morgan fingerprint density at radius 3 is 2.50 bits per heavy atom. The van der Waals surface area contributed by atoms with E-state index in [1.165, 1.54) is 4.88 Å². The molecule has 1 N–H and O–H groups in total. The number of carbonyl (C=O) groups excluding carboxylic acids is 1. The van der Waals surface area contributed by atoms with Crippen LogP contribution in [0.5, 0.6) is 0 Å². The van der Waals surface area contributed by atoms with Crippen molar-refractivity contribution in [3.8, 4) is 0 Å². The van der Waals surface area contributed by atoms with Crippen molar-refractivity contribution in [2.45, 2.75) is 13.8 Å². The Hall–Kier alpha value is -0.580. The second-order valence-corrected chi connectivity index (χ2v) is 4.96. The largest absolute Gasteiger partial charge is 0.336 e. The molecule has 1 fully saturated rings. The number of aryl methyl sites for hydroxylation is 1. The van der Waals surface area contributed by atoms with Gasteiger partial charge in [0, 0.05) is 36.4 Å². The van der Waals surface area contributed by atoms with Crippen LogP contribution in [0, 0.1) is 13.8 Å². The lowest BCUT2D eigenvalue weighted by Crippen LogP contribution is -2.46. The maximum absolute atomic E-state index is 12.1. The van der Waals surface area contributed by atoms with E-state index in [4.69, 9.17) is 0 Å². The molecule has 2 heterocycles. The number of nitrogens with one attached hydrogen (secondary N) is 1. The van der Waals surface area contributed by atoms with Gasteiger partial charge < -0.3 is 10.2 Å². The normalized spacial score (nSPS) is 15.8. The average Bonchev–Trinajstić information content (AvgIpc) is 2.60. The minimum atomic E-state index is 0. The molecule has 0 radical (unpaired) electrons.